The standard InChI is InChI=1S/C13H21F2N3O/c14-13(15)7-11(16-8-13)12(19)17-9-3-5-18(6-4-9)10-1-2-10/h9-11,16H,1-8H2,(H,17,19). The molecule has 2 aliphatic heterocycles. The van der Waals surface area contributed by atoms with Gasteiger partial charge in [0, 0.05) is 31.6 Å². The van der Waals surface area contributed by atoms with E-state index in [2.05, 4.69) is 15.5 Å². The maximum atomic E-state index is 13.0. The lowest BCUT2D eigenvalue weighted by Crippen LogP contribution is -2.49. The number of rotatable bonds is 3. The van der Waals surface area contributed by atoms with E-state index >= 15 is 0 Å². The van der Waals surface area contributed by atoms with Crippen molar-refractivity contribution in [1.29, 1.82) is 0 Å². The van der Waals surface area contributed by atoms with Crippen LogP contribution in [0.25, 0.3) is 0 Å². The van der Waals surface area contributed by atoms with Gasteiger partial charge in [0.05, 0.1) is 12.6 Å². The average Bonchev–Trinajstić information content (AvgIpc) is 3.14. The van der Waals surface area contributed by atoms with E-state index in [-0.39, 0.29) is 24.9 Å². The summed E-state index contributed by atoms with van der Waals surface area (Å²) in [6.45, 7) is 1.65. The smallest absolute Gasteiger partial charge is 0.262 e. The summed E-state index contributed by atoms with van der Waals surface area (Å²) in [5, 5.41) is 5.52. The summed E-state index contributed by atoms with van der Waals surface area (Å²) in [6.07, 6.45) is 4.10. The van der Waals surface area contributed by atoms with Crippen LogP contribution in [0.4, 0.5) is 8.78 Å². The van der Waals surface area contributed by atoms with Crippen LogP contribution in [0.2, 0.25) is 0 Å². The Bertz CT molecular complexity index is 352. The van der Waals surface area contributed by atoms with Crippen LogP contribution in [0.5, 0.6) is 0 Å². The van der Waals surface area contributed by atoms with E-state index in [0.717, 1.165) is 32.0 Å². The van der Waals surface area contributed by atoms with E-state index in [1.54, 1.807) is 0 Å². The van der Waals surface area contributed by atoms with Crippen molar-refractivity contribution < 1.29 is 13.6 Å². The monoisotopic (exact) mass is 273 g/mol. The Kier molecular flexibility index (Phi) is 3.47. The fourth-order valence-electron chi connectivity index (χ4n) is 3.05. The molecule has 3 rings (SSSR count). The van der Waals surface area contributed by atoms with Crippen molar-refractivity contribution in [3.05, 3.63) is 0 Å². The summed E-state index contributed by atoms with van der Waals surface area (Å²) in [5.74, 6) is -3.00. The summed E-state index contributed by atoms with van der Waals surface area (Å²) in [7, 11) is 0. The second kappa shape index (κ2) is 4.98. The van der Waals surface area contributed by atoms with Crippen molar-refractivity contribution in [3.63, 3.8) is 0 Å². The maximum absolute atomic E-state index is 13.0. The molecule has 0 aromatic rings. The highest BCUT2D eigenvalue weighted by Gasteiger charge is 2.42. The highest BCUT2D eigenvalue weighted by molar-refractivity contribution is 5.82. The topological polar surface area (TPSA) is 44.4 Å². The molecule has 1 atom stereocenters. The highest BCUT2D eigenvalue weighted by atomic mass is 19.3. The molecule has 0 aromatic heterocycles. The lowest BCUT2D eigenvalue weighted by molar-refractivity contribution is -0.124. The van der Waals surface area contributed by atoms with Gasteiger partial charge in [-0.1, -0.05) is 0 Å². The van der Waals surface area contributed by atoms with Crippen LogP contribution in [-0.4, -0.2) is 54.5 Å². The highest BCUT2D eigenvalue weighted by Crippen LogP contribution is 2.29. The third-order valence-electron chi connectivity index (χ3n) is 4.37. The fourth-order valence-corrected chi connectivity index (χ4v) is 3.05. The normalized spacial score (nSPS) is 32.4. The van der Waals surface area contributed by atoms with Gasteiger partial charge in [0.25, 0.3) is 5.92 Å². The number of nitrogens with one attached hydrogen (secondary N) is 2. The van der Waals surface area contributed by atoms with E-state index in [9.17, 15) is 13.6 Å². The number of carbonyl (C=O) groups excluding carboxylic acids is 1. The van der Waals surface area contributed by atoms with Gasteiger partial charge in [-0.2, -0.15) is 0 Å². The van der Waals surface area contributed by atoms with Crippen molar-refractivity contribution in [3.8, 4) is 0 Å². The van der Waals surface area contributed by atoms with Crippen LogP contribution < -0.4 is 10.6 Å². The number of nitrogens with zero attached hydrogens (tertiary/aromatic N) is 1. The summed E-state index contributed by atoms with van der Waals surface area (Å²) < 4.78 is 26.1. The zero-order chi connectivity index (χ0) is 13.5. The molecule has 4 nitrogen and oxygen atoms in total. The molecule has 3 aliphatic rings. The molecular weight excluding hydrogens is 252 g/mol. The summed E-state index contributed by atoms with van der Waals surface area (Å²) in [4.78, 5) is 14.4. The van der Waals surface area contributed by atoms with Crippen LogP contribution in [0.1, 0.15) is 32.1 Å². The minimum Gasteiger partial charge on any atom is -0.352 e. The SMILES string of the molecule is O=C(NC1CCN(C2CC2)CC1)C1CC(F)(F)CN1. The number of amides is 1. The second-order valence-electron chi connectivity index (χ2n) is 6.04. The van der Waals surface area contributed by atoms with Gasteiger partial charge in [-0.25, -0.2) is 8.78 Å². The van der Waals surface area contributed by atoms with E-state index in [4.69, 9.17) is 0 Å². The van der Waals surface area contributed by atoms with Gasteiger partial charge in [0.2, 0.25) is 5.91 Å². The first kappa shape index (κ1) is 13.2. The largest absolute Gasteiger partial charge is 0.352 e. The first-order valence-electron chi connectivity index (χ1n) is 7.19. The molecule has 0 bridgehead atoms. The molecule has 1 saturated carbocycles. The molecule has 1 amide bonds. The zero-order valence-corrected chi connectivity index (χ0v) is 11.0. The van der Waals surface area contributed by atoms with Gasteiger partial charge < -0.3 is 10.2 Å². The second-order valence-corrected chi connectivity index (χ2v) is 6.04. The Hall–Kier alpha value is -0.750. The van der Waals surface area contributed by atoms with Gasteiger partial charge in [-0.15, -0.1) is 0 Å². The number of hydrogen-bond acceptors (Lipinski definition) is 3. The summed E-state index contributed by atoms with van der Waals surface area (Å²) in [5.41, 5.74) is 0. The molecule has 2 N–H and O–H groups in total. The lowest BCUT2D eigenvalue weighted by Gasteiger charge is -2.32. The molecule has 0 spiro atoms. The predicted molar refractivity (Wildman–Crippen MR) is 67.1 cm³/mol. The summed E-state index contributed by atoms with van der Waals surface area (Å²) in [6, 6.07) is 0.196. The van der Waals surface area contributed by atoms with Crippen molar-refractivity contribution in [1.82, 2.24) is 15.5 Å². The Morgan fingerprint density at radius 1 is 1.21 bits per heavy atom. The number of halogens is 2. The molecule has 1 unspecified atom stereocenters. The van der Waals surface area contributed by atoms with Crippen LogP contribution in [0, 0.1) is 0 Å². The molecule has 2 heterocycles. The van der Waals surface area contributed by atoms with Gasteiger partial charge in [0.15, 0.2) is 0 Å². The Morgan fingerprint density at radius 3 is 2.42 bits per heavy atom. The van der Waals surface area contributed by atoms with Crippen molar-refractivity contribution >= 4 is 5.91 Å². The van der Waals surface area contributed by atoms with Gasteiger partial charge in [0.1, 0.15) is 0 Å². The first-order chi connectivity index (χ1) is 9.03. The molecule has 1 aliphatic carbocycles. The molecule has 6 heteroatoms. The van der Waals surface area contributed by atoms with E-state index in [0.29, 0.717) is 0 Å². The lowest BCUT2D eigenvalue weighted by atomic mass is 10.0. The Balaban J connectivity index is 1.43. The van der Waals surface area contributed by atoms with Crippen molar-refractivity contribution in [2.75, 3.05) is 19.6 Å². The molecular formula is C13H21F2N3O. The van der Waals surface area contributed by atoms with Gasteiger partial charge in [-0.3, -0.25) is 10.1 Å². The fraction of sp³-hybridized carbons (Fsp3) is 0.923. The number of piperidine rings is 1. The summed E-state index contributed by atoms with van der Waals surface area (Å²) >= 11 is 0. The van der Waals surface area contributed by atoms with E-state index in [1.807, 2.05) is 0 Å². The molecule has 108 valence electrons. The van der Waals surface area contributed by atoms with Crippen molar-refractivity contribution in [2.24, 2.45) is 0 Å². The molecule has 3 fully saturated rings. The number of likely N-dealkylation sites (tertiary alicyclic amines) is 1. The number of alkyl halides is 2. The predicted octanol–water partition coefficient (Wildman–Crippen LogP) is 0.727. The molecule has 19 heavy (non-hydrogen) atoms. The number of carbonyl (C=O) groups is 1. The van der Waals surface area contributed by atoms with Gasteiger partial charge in [-0.05, 0) is 25.7 Å². The van der Waals surface area contributed by atoms with Crippen LogP contribution >= 0.6 is 0 Å². The van der Waals surface area contributed by atoms with E-state index in [1.165, 1.54) is 12.8 Å². The van der Waals surface area contributed by atoms with Crippen LogP contribution in [0.3, 0.4) is 0 Å². The van der Waals surface area contributed by atoms with Crippen molar-refractivity contribution in [2.45, 2.75) is 56.2 Å². The molecule has 0 aromatic carbocycles. The quantitative estimate of drug-likeness (QED) is 0.796. The maximum Gasteiger partial charge on any atom is 0.262 e. The third kappa shape index (κ3) is 3.23. The average molecular weight is 273 g/mol. The van der Waals surface area contributed by atoms with Crippen LogP contribution in [-0.2, 0) is 4.79 Å². The minimum absolute atomic E-state index is 0.151. The molecule has 0 radical (unpaired) electrons. The Morgan fingerprint density at radius 2 is 1.89 bits per heavy atom. The van der Waals surface area contributed by atoms with Gasteiger partial charge >= 0.3 is 0 Å². The zero-order valence-electron chi connectivity index (χ0n) is 11.0. The minimum atomic E-state index is -2.74. The van der Waals surface area contributed by atoms with Crippen LogP contribution in [0.15, 0.2) is 0 Å². The Labute approximate surface area is 111 Å². The molecule has 2 saturated heterocycles. The van der Waals surface area contributed by atoms with E-state index < -0.39 is 12.0 Å². The third-order valence-corrected chi connectivity index (χ3v) is 4.37. The first-order valence-corrected chi connectivity index (χ1v) is 7.19. The number of hydrogen-bond donors (Lipinski definition) is 2.